The van der Waals surface area contributed by atoms with E-state index in [2.05, 4.69) is 10.5 Å². The van der Waals surface area contributed by atoms with Crippen LogP contribution in [-0.2, 0) is 0 Å². The number of non-ortho nitro benzene ring substituents is 1. The number of ether oxygens (including phenoxy) is 1. The van der Waals surface area contributed by atoms with Gasteiger partial charge in [0.05, 0.1) is 23.8 Å². The first kappa shape index (κ1) is 16.4. The lowest BCUT2D eigenvalue weighted by Gasteiger charge is -2.07. The second-order valence-electron chi connectivity index (χ2n) is 4.40. The topological polar surface area (TPSA) is 93.8 Å². The first-order chi connectivity index (χ1) is 11.0. The van der Waals surface area contributed by atoms with Crippen LogP contribution < -0.4 is 10.2 Å². The number of carbonyl (C=O) groups is 1. The van der Waals surface area contributed by atoms with Crippen molar-refractivity contribution >= 4 is 29.4 Å². The van der Waals surface area contributed by atoms with Crippen LogP contribution in [-0.4, -0.2) is 24.2 Å². The lowest BCUT2D eigenvalue weighted by Crippen LogP contribution is -2.18. The predicted octanol–water partition coefficient (Wildman–Crippen LogP) is 3.02. The molecular weight excluding hydrogens is 322 g/mol. The molecule has 0 bridgehead atoms. The Morgan fingerprint density at radius 1 is 1.35 bits per heavy atom. The number of hydrazone groups is 1. The number of hydrogen-bond donors (Lipinski definition) is 1. The number of carbonyl (C=O) groups excluding carboxylic acids is 1. The molecule has 23 heavy (non-hydrogen) atoms. The van der Waals surface area contributed by atoms with Gasteiger partial charge >= 0.3 is 0 Å². The summed E-state index contributed by atoms with van der Waals surface area (Å²) in [5.41, 5.74) is 2.98. The van der Waals surface area contributed by atoms with Gasteiger partial charge in [-0.1, -0.05) is 23.7 Å². The summed E-state index contributed by atoms with van der Waals surface area (Å²) in [5, 5.41) is 14.9. The van der Waals surface area contributed by atoms with Crippen molar-refractivity contribution in [1.82, 2.24) is 5.43 Å². The van der Waals surface area contributed by atoms with Crippen LogP contribution in [0.1, 0.15) is 15.9 Å². The van der Waals surface area contributed by atoms with E-state index < -0.39 is 10.8 Å². The van der Waals surface area contributed by atoms with Crippen molar-refractivity contribution in [1.29, 1.82) is 0 Å². The van der Waals surface area contributed by atoms with E-state index in [0.717, 1.165) is 0 Å². The zero-order chi connectivity index (χ0) is 16.8. The Balaban J connectivity index is 2.11. The Morgan fingerprint density at radius 3 is 2.83 bits per heavy atom. The molecule has 0 unspecified atom stereocenters. The number of nitro benzene ring substituents is 1. The van der Waals surface area contributed by atoms with Gasteiger partial charge in [0, 0.05) is 22.7 Å². The summed E-state index contributed by atoms with van der Waals surface area (Å²) in [4.78, 5) is 22.3. The van der Waals surface area contributed by atoms with E-state index in [-0.39, 0.29) is 11.3 Å². The minimum Gasteiger partial charge on any atom is -0.496 e. The second-order valence-corrected chi connectivity index (χ2v) is 4.83. The minimum atomic E-state index is -0.508. The lowest BCUT2D eigenvalue weighted by atomic mass is 10.2. The fourth-order valence-corrected chi connectivity index (χ4v) is 1.97. The molecule has 0 aliphatic heterocycles. The van der Waals surface area contributed by atoms with Crippen molar-refractivity contribution in [2.45, 2.75) is 0 Å². The van der Waals surface area contributed by atoms with E-state index in [9.17, 15) is 14.9 Å². The molecule has 0 fully saturated rings. The lowest BCUT2D eigenvalue weighted by molar-refractivity contribution is -0.384. The van der Waals surface area contributed by atoms with E-state index in [0.29, 0.717) is 16.3 Å². The van der Waals surface area contributed by atoms with E-state index in [1.807, 2.05) is 0 Å². The van der Waals surface area contributed by atoms with Crippen molar-refractivity contribution in [3.05, 3.63) is 68.7 Å². The van der Waals surface area contributed by atoms with Crippen molar-refractivity contribution < 1.29 is 14.5 Å². The van der Waals surface area contributed by atoms with E-state index in [1.165, 1.54) is 37.6 Å². The number of hydrogen-bond acceptors (Lipinski definition) is 5. The third-order valence-electron chi connectivity index (χ3n) is 2.87. The van der Waals surface area contributed by atoms with Gasteiger partial charge in [0.25, 0.3) is 11.6 Å². The van der Waals surface area contributed by atoms with Crippen LogP contribution in [0.25, 0.3) is 0 Å². The van der Waals surface area contributed by atoms with Gasteiger partial charge < -0.3 is 4.74 Å². The summed E-state index contributed by atoms with van der Waals surface area (Å²) < 4.78 is 5.08. The Morgan fingerprint density at radius 2 is 2.13 bits per heavy atom. The minimum absolute atomic E-state index is 0.0585. The molecule has 0 spiro atoms. The Bertz CT molecular complexity index is 777. The molecule has 1 N–H and O–H groups in total. The fraction of sp³-hybridized carbons (Fsp3) is 0.0667. The maximum Gasteiger partial charge on any atom is 0.275 e. The third kappa shape index (κ3) is 4.27. The number of methoxy groups -OCH3 is 1. The van der Waals surface area contributed by atoms with Gasteiger partial charge in [-0.2, -0.15) is 5.10 Å². The van der Waals surface area contributed by atoms with Gasteiger partial charge in [0.2, 0.25) is 0 Å². The standard InChI is InChI=1S/C15H12ClN3O4/c1-23-14-6-5-11(16)8-13(14)15(20)18-17-9-10-3-2-4-12(7-10)19(21)22/h2-9H,1H3,(H,18,20)/b17-9+. The zero-order valence-corrected chi connectivity index (χ0v) is 12.8. The van der Waals surface area contributed by atoms with Crippen molar-refractivity contribution in [2.75, 3.05) is 7.11 Å². The van der Waals surface area contributed by atoms with Gasteiger partial charge in [-0.3, -0.25) is 14.9 Å². The molecule has 1 amide bonds. The van der Waals surface area contributed by atoms with Crippen molar-refractivity contribution in [3.63, 3.8) is 0 Å². The van der Waals surface area contributed by atoms with E-state index in [1.54, 1.807) is 18.2 Å². The summed E-state index contributed by atoms with van der Waals surface area (Å²) in [6.45, 7) is 0. The highest BCUT2D eigenvalue weighted by Gasteiger charge is 2.12. The summed E-state index contributed by atoms with van der Waals surface area (Å²) in [6, 6.07) is 10.5. The summed E-state index contributed by atoms with van der Waals surface area (Å²) in [6.07, 6.45) is 1.31. The van der Waals surface area contributed by atoms with Gasteiger partial charge in [0.1, 0.15) is 5.75 Å². The Labute approximate surface area is 136 Å². The largest absolute Gasteiger partial charge is 0.496 e. The molecule has 2 aromatic rings. The number of nitrogens with one attached hydrogen (secondary N) is 1. The molecule has 0 radical (unpaired) electrons. The predicted molar refractivity (Wildman–Crippen MR) is 86.2 cm³/mol. The highest BCUT2D eigenvalue weighted by atomic mass is 35.5. The number of rotatable bonds is 5. The van der Waals surface area contributed by atoms with Crippen molar-refractivity contribution in [3.8, 4) is 5.75 Å². The second kappa shape index (κ2) is 7.37. The average molecular weight is 334 g/mol. The van der Waals surface area contributed by atoms with Crippen LogP contribution in [0.3, 0.4) is 0 Å². The summed E-state index contributed by atoms with van der Waals surface area (Å²) >= 11 is 5.86. The van der Waals surface area contributed by atoms with Gasteiger partial charge in [-0.15, -0.1) is 0 Å². The Hall–Kier alpha value is -2.93. The molecular formula is C15H12ClN3O4. The molecule has 0 saturated heterocycles. The fourth-order valence-electron chi connectivity index (χ4n) is 1.80. The van der Waals surface area contributed by atoms with Crippen LogP contribution in [0.15, 0.2) is 47.6 Å². The van der Waals surface area contributed by atoms with Crippen LogP contribution in [0, 0.1) is 10.1 Å². The average Bonchev–Trinajstić information content (AvgIpc) is 2.55. The molecule has 0 atom stereocenters. The van der Waals surface area contributed by atoms with Gasteiger partial charge in [-0.25, -0.2) is 5.43 Å². The summed E-state index contributed by atoms with van der Waals surface area (Å²) in [7, 11) is 1.44. The molecule has 0 aromatic heterocycles. The molecule has 118 valence electrons. The van der Waals surface area contributed by atoms with Gasteiger partial charge in [0.15, 0.2) is 0 Å². The number of amides is 1. The highest BCUT2D eigenvalue weighted by molar-refractivity contribution is 6.31. The molecule has 0 heterocycles. The van der Waals surface area contributed by atoms with E-state index in [4.69, 9.17) is 16.3 Å². The van der Waals surface area contributed by atoms with Crippen LogP contribution in [0.2, 0.25) is 5.02 Å². The molecule has 7 nitrogen and oxygen atoms in total. The normalized spacial score (nSPS) is 10.5. The molecule has 2 aromatic carbocycles. The molecule has 8 heteroatoms. The SMILES string of the molecule is COc1ccc(Cl)cc1C(=O)N/N=C/c1cccc([N+](=O)[O-])c1. The Kier molecular flexibility index (Phi) is 5.27. The molecule has 0 aliphatic rings. The number of halogens is 1. The molecule has 0 aliphatic carbocycles. The first-order valence-electron chi connectivity index (χ1n) is 6.42. The highest BCUT2D eigenvalue weighted by Crippen LogP contribution is 2.22. The van der Waals surface area contributed by atoms with Crippen LogP contribution in [0.4, 0.5) is 5.69 Å². The monoisotopic (exact) mass is 333 g/mol. The number of nitro groups is 1. The van der Waals surface area contributed by atoms with Crippen molar-refractivity contribution in [2.24, 2.45) is 5.10 Å². The first-order valence-corrected chi connectivity index (χ1v) is 6.80. The van der Waals surface area contributed by atoms with Crippen LogP contribution >= 0.6 is 11.6 Å². The van der Waals surface area contributed by atoms with E-state index >= 15 is 0 Å². The number of nitrogens with zero attached hydrogens (tertiary/aromatic N) is 2. The molecule has 0 saturated carbocycles. The zero-order valence-electron chi connectivity index (χ0n) is 12.0. The maximum absolute atomic E-state index is 12.1. The summed E-state index contributed by atoms with van der Waals surface area (Å²) in [5.74, 6) is -0.150. The quantitative estimate of drug-likeness (QED) is 0.517. The maximum atomic E-state index is 12.1. The number of benzene rings is 2. The van der Waals surface area contributed by atoms with Gasteiger partial charge in [-0.05, 0) is 18.2 Å². The third-order valence-corrected chi connectivity index (χ3v) is 3.10. The molecule has 2 rings (SSSR count). The van der Waals surface area contributed by atoms with Crippen LogP contribution in [0.5, 0.6) is 5.75 Å². The smallest absolute Gasteiger partial charge is 0.275 e.